The van der Waals surface area contributed by atoms with Crippen LogP contribution >= 0.6 is 23.1 Å². The minimum absolute atomic E-state index is 0.161. The molecule has 1 aliphatic rings. The Kier molecular flexibility index (Phi) is 5.12. The van der Waals surface area contributed by atoms with Gasteiger partial charge in [0.15, 0.2) is 0 Å². The molecule has 8 heteroatoms. The predicted octanol–water partition coefficient (Wildman–Crippen LogP) is 2.51. The summed E-state index contributed by atoms with van der Waals surface area (Å²) in [6.07, 6.45) is 6.13. The smallest absolute Gasteiger partial charge is 0.321 e. The van der Waals surface area contributed by atoms with Gasteiger partial charge in [-0.2, -0.15) is 0 Å². The first-order valence-electron chi connectivity index (χ1n) is 7.64. The largest absolute Gasteiger partial charge is 0.338 e. The zero-order valence-electron chi connectivity index (χ0n) is 12.8. The van der Waals surface area contributed by atoms with Crippen LogP contribution in [0, 0.1) is 0 Å². The van der Waals surface area contributed by atoms with E-state index < -0.39 is 6.03 Å². The molecule has 0 aromatic carbocycles. The molecule has 23 heavy (non-hydrogen) atoms. The first-order valence-corrected chi connectivity index (χ1v) is 9.45. The third-order valence-electron chi connectivity index (χ3n) is 3.65. The number of rotatable bonds is 4. The van der Waals surface area contributed by atoms with Crippen LogP contribution in [-0.4, -0.2) is 34.2 Å². The van der Waals surface area contributed by atoms with E-state index in [0.29, 0.717) is 6.54 Å². The second kappa shape index (κ2) is 7.27. The second-order valence-electron chi connectivity index (χ2n) is 5.27. The lowest BCUT2D eigenvalue weighted by atomic mass is 9.97. The summed E-state index contributed by atoms with van der Waals surface area (Å²) in [4.78, 5) is 34.3. The SMILES string of the molecule is CCNC(=O)NC(=O)CSc1ncnc2sc3c(c12)CCCC3. The summed E-state index contributed by atoms with van der Waals surface area (Å²) in [5, 5.41) is 6.78. The monoisotopic (exact) mass is 350 g/mol. The number of aromatic nitrogens is 2. The van der Waals surface area contributed by atoms with Gasteiger partial charge in [-0.1, -0.05) is 11.8 Å². The Morgan fingerprint density at radius 2 is 2.13 bits per heavy atom. The quantitative estimate of drug-likeness (QED) is 0.654. The van der Waals surface area contributed by atoms with E-state index in [4.69, 9.17) is 0 Å². The lowest BCUT2D eigenvalue weighted by Crippen LogP contribution is -2.40. The number of nitrogens with one attached hydrogen (secondary N) is 2. The van der Waals surface area contributed by atoms with Crippen LogP contribution in [-0.2, 0) is 17.6 Å². The van der Waals surface area contributed by atoms with Gasteiger partial charge in [-0.15, -0.1) is 11.3 Å². The summed E-state index contributed by atoms with van der Waals surface area (Å²) in [5.74, 6) is -0.162. The van der Waals surface area contributed by atoms with Gasteiger partial charge in [0.25, 0.3) is 0 Å². The summed E-state index contributed by atoms with van der Waals surface area (Å²) < 4.78 is 0. The normalized spacial score (nSPS) is 13.6. The number of hydrogen-bond acceptors (Lipinski definition) is 6. The molecule has 0 spiro atoms. The number of fused-ring (bicyclic) bond motifs is 3. The molecule has 0 aliphatic heterocycles. The van der Waals surface area contributed by atoms with Gasteiger partial charge in [-0.05, 0) is 38.2 Å². The maximum Gasteiger partial charge on any atom is 0.321 e. The van der Waals surface area contributed by atoms with Crippen molar-refractivity contribution in [2.75, 3.05) is 12.3 Å². The van der Waals surface area contributed by atoms with Crippen LogP contribution in [0.4, 0.5) is 4.79 Å². The third kappa shape index (κ3) is 3.64. The van der Waals surface area contributed by atoms with Gasteiger partial charge < -0.3 is 5.32 Å². The molecule has 3 amide bonds. The number of amides is 3. The van der Waals surface area contributed by atoms with Crippen LogP contribution in [0.1, 0.15) is 30.2 Å². The minimum atomic E-state index is -0.459. The van der Waals surface area contributed by atoms with Crippen molar-refractivity contribution >= 4 is 45.3 Å². The number of carbonyl (C=O) groups is 2. The predicted molar refractivity (Wildman–Crippen MR) is 92.0 cm³/mol. The number of carbonyl (C=O) groups excluding carboxylic acids is 2. The highest BCUT2D eigenvalue weighted by Gasteiger charge is 2.20. The maximum atomic E-state index is 11.8. The van der Waals surface area contributed by atoms with E-state index in [-0.39, 0.29) is 11.7 Å². The van der Waals surface area contributed by atoms with Crippen molar-refractivity contribution in [3.63, 3.8) is 0 Å². The van der Waals surface area contributed by atoms with Gasteiger partial charge in [-0.25, -0.2) is 14.8 Å². The van der Waals surface area contributed by atoms with Crippen LogP contribution < -0.4 is 10.6 Å². The van der Waals surface area contributed by atoms with Crippen LogP contribution in [0.5, 0.6) is 0 Å². The zero-order chi connectivity index (χ0) is 16.2. The number of thiophene rings is 1. The highest BCUT2D eigenvalue weighted by Crippen LogP contribution is 2.39. The Hall–Kier alpha value is -1.67. The van der Waals surface area contributed by atoms with Gasteiger partial charge in [0.05, 0.1) is 5.75 Å². The first kappa shape index (κ1) is 16.2. The molecule has 6 nitrogen and oxygen atoms in total. The molecule has 0 fully saturated rings. The van der Waals surface area contributed by atoms with E-state index in [9.17, 15) is 9.59 Å². The van der Waals surface area contributed by atoms with E-state index in [1.807, 2.05) is 0 Å². The first-order chi connectivity index (χ1) is 11.2. The molecular formula is C15H18N4O2S2. The lowest BCUT2D eigenvalue weighted by Gasteiger charge is -2.11. The molecule has 2 aromatic heterocycles. The van der Waals surface area contributed by atoms with Crippen LogP contribution in [0.15, 0.2) is 11.4 Å². The van der Waals surface area contributed by atoms with Crippen molar-refractivity contribution in [2.45, 2.75) is 37.6 Å². The highest BCUT2D eigenvalue weighted by molar-refractivity contribution is 8.00. The molecule has 122 valence electrons. The minimum Gasteiger partial charge on any atom is -0.338 e. The standard InChI is InChI=1S/C15H18N4O2S2/c1-2-16-15(21)19-11(20)7-22-13-12-9-5-3-4-6-10(9)23-14(12)18-8-17-13/h8H,2-7H2,1H3,(H2,16,19,20,21). The molecule has 1 aliphatic carbocycles. The number of aryl methyl sites for hydroxylation is 2. The van der Waals surface area contributed by atoms with E-state index >= 15 is 0 Å². The van der Waals surface area contributed by atoms with Crippen LogP contribution in [0.25, 0.3) is 10.2 Å². The molecule has 0 bridgehead atoms. The fourth-order valence-corrected chi connectivity index (χ4v) is 4.79. The van der Waals surface area contributed by atoms with Crippen molar-refractivity contribution in [3.05, 3.63) is 16.8 Å². The number of urea groups is 1. The molecule has 2 heterocycles. The van der Waals surface area contributed by atoms with Crippen molar-refractivity contribution in [3.8, 4) is 0 Å². The zero-order valence-corrected chi connectivity index (χ0v) is 14.5. The fourth-order valence-electron chi connectivity index (χ4n) is 2.67. The summed E-state index contributed by atoms with van der Waals surface area (Å²) >= 11 is 3.10. The third-order valence-corrected chi connectivity index (χ3v) is 5.84. The van der Waals surface area contributed by atoms with Crippen molar-refractivity contribution in [2.24, 2.45) is 0 Å². The summed E-state index contributed by atoms with van der Waals surface area (Å²) in [6, 6.07) is -0.459. The Morgan fingerprint density at radius 1 is 1.30 bits per heavy atom. The molecule has 0 saturated carbocycles. The van der Waals surface area contributed by atoms with Gasteiger partial charge >= 0.3 is 6.03 Å². The molecule has 0 radical (unpaired) electrons. The molecule has 0 unspecified atom stereocenters. The fraction of sp³-hybridized carbons (Fsp3) is 0.467. The molecular weight excluding hydrogens is 332 g/mol. The Bertz CT molecular complexity index is 744. The van der Waals surface area contributed by atoms with Gasteiger partial charge in [0, 0.05) is 16.8 Å². The van der Waals surface area contributed by atoms with E-state index in [2.05, 4.69) is 20.6 Å². The van der Waals surface area contributed by atoms with Crippen molar-refractivity contribution in [1.82, 2.24) is 20.6 Å². The Balaban J connectivity index is 1.74. The topological polar surface area (TPSA) is 84.0 Å². The van der Waals surface area contributed by atoms with E-state index in [1.54, 1.807) is 24.6 Å². The maximum absolute atomic E-state index is 11.8. The average molecular weight is 350 g/mol. The van der Waals surface area contributed by atoms with Crippen LogP contribution in [0.2, 0.25) is 0 Å². The molecule has 2 N–H and O–H groups in total. The van der Waals surface area contributed by atoms with Crippen molar-refractivity contribution < 1.29 is 9.59 Å². The van der Waals surface area contributed by atoms with Gasteiger partial charge in [0.1, 0.15) is 16.2 Å². The van der Waals surface area contributed by atoms with E-state index in [0.717, 1.165) is 28.1 Å². The highest BCUT2D eigenvalue weighted by atomic mass is 32.2. The Morgan fingerprint density at radius 3 is 2.96 bits per heavy atom. The van der Waals surface area contributed by atoms with E-state index in [1.165, 1.54) is 35.0 Å². The van der Waals surface area contributed by atoms with Gasteiger partial charge in [0.2, 0.25) is 5.91 Å². The summed E-state index contributed by atoms with van der Waals surface area (Å²) in [5.41, 5.74) is 1.35. The molecule has 0 atom stereocenters. The molecule has 3 rings (SSSR count). The number of thioether (sulfide) groups is 1. The lowest BCUT2D eigenvalue weighted by molar-refractivity contribution is -0.117. The summed E-state index contributed by atoms with van der Waals surface area (Å²) in [6.45, 7) is 2.29. The number of nitrogens with zero attached hydrogens (tertiary/aromatic N) is 2. The van der Waals surface area contributed by atoms with Gasteiger partial charge in [-0.3, -0.25) is 10.1 Å². The number of imide groups is 1. The molecule has 2 aromatic rings. The molecule has 0 saturated heterocycles. The summed E-state index contributed by atoms with van der Waals surface area (Å²) in [7, 11) is 0. The number of hydrogen-bond donors (Lipinski definition) is 2. The second-order valence-corrected chi connectivity index (χ2v) is 7.31. The van der Waals surface area contributed by atoms with Crippen LogP contribution in [0.3, 0.4) is 0 Å². The average Bonchev–Trinajstić information content (AvgIpc) is 2.92. The Labute approximate surface area is 142 Å². The van der Waals surface area contributed by atoms with Crippen molar-refractivity contribution in [1.29, 1.82) is 0 Å².